The molecule has 1 aliphatic rings. The van der Waals surface area contributed by atoms with E-state index in [2.05, 4.69) is 13.8 Å². The smallest absolute Gasteiger partial charge is 0.0514 e. The molecule has 1 aliphatic carbocycles. The molecule has 2 heteroatoms. The van der Waals surface area contributed by atoms with Crippen LogP contribution in [0.5, 0.6) is 0 Å². The molecule has 0 aliphatic heterocycles. The largest absolute Gasteiger partial charge is 0.396 e. The first-order chi connectivity index (χ1) is 7.21. The van der Waals surface area contributed by atoms with E-state index in [4.69, 9.17) is 0 Å². The minimum absolute atomic E-state index is 0.142. The van der Waals surface area contributed by atoms with E-state index in [1.54, 1.807) is 0 Å². The summed E-state index contributed by atoms with van der Waals surface area (Å²) < 4.78 is 0. The maximum atomic E-state index is 9.67. The minimum Gasteiger partial charge on any atom is -0.396 e. The lowest BCUT2D eigenvalue weighted by atomic mass is 9.62. The molecule has 2 nitrogen and oxygen atoms in total. The van der Waals surface area contributed by atoms with Crippen molar-refractivity contribution in [2.75, 3.05) is 13.2 Å². The standard InChI is InChI=1S/C13H26O2/c1-3-11(2)13(9-14,10-15)12-7-5-4-6-8-12/h11-12,14-15H,3-10H2,1-2H3. The Labute approximate surface area is 93.7 Å². The van der Waals surface area contributed by atoms with Gasteiger partial charge in [0.05, 0.1) is 13.2 Å². The topological polar surface area (TPSA) is 40.5 Å². The van der Waals surface area contributed by atoms with E-state index in [0.717, 1.165) is 6.42 Å². The van der Waals surface area contributed by atoms with Gasteiger partial charge in [0.2, 0.25) is 0 Å². The average molecular weight is 214 g/mol. The van der Waals surface area contributed by atoms with Crippen LogP contribution >= 0.6 is 0 Å². The first-order valence-corrected chi connectivity index (χ1v) is 6.43. The maximum absolute atomic E-state index is 9.67. The molecule has 1 atom stereocenters. The highest BCUT2D eigenvalue weighted by molar-refractivity contribution is 4.90. The number of rotatable bonds is 5. The van der Waals surface area contributed by atoms with Gasteiger partial charge in [0.1, 0.15) is 0 Å². The van der Waals surface area contributed by atoms with E-state index >= 15 is 0 Å². The fourth-order valence-electron chi connectivity index (χ4n) is 3.11. The lowest BCUT2D eigenvalue weighted by Crippen LogP contribution is -2.44. The van der Waals surface area contributed by atoms with Gasteiger partial charge in [-0.3, -0.25) is 0 Å². The highest BCUT2D eigenvalue weighted by atomic mass is 16.3. The SMILES string of the molecule is CCC(C)C(CO)(CO)C1CCCCC1. The van der Waals surface area contributed by atoms with Crippen LogP contribution in [0.25, 0.3) is 0 Å². The highest BCUT2D eigenvalue weighted by Gasteiger charge is 2.41. The molecule has 15 heavy (non-hydrogen) atoms. The van der Waals surface area contributed by atoms with Crippen LogP contribution in [0.3, 0.4) is 0 Å². The van der Waals surface area contributed by atoms with Gasteiger partial charge < -0.3 is 10.2 Å². The number of aliphatic hydroxyl groups is 2. The van der Waals surface area contributed by atoms with Gasteiger partial charge in [-0.25, -0.2) is 0 Å². The zero-order chi connectivity index (χ0) is 11.3. The van der Waals surface area contributed by atoms with Gasteiger partial charge in [-0.1, -0.05) is 39.5 Å². The van der Waals surface area contributed by atoms with Crippen LogP contribution in [-0.4, -0.2) is 23.4 Å². The lowest BCUT2D eigenvalue weighted by Gasteiger charge is -2.44. The fourth-order valence-corrected chi connectivity index (χ4v) is 3.11. The van der Waals surface area contributed by atoms with Crippen LogP contribution in [0.1, 0.15) is 52.4 Å². The van der Waals surface area contributed by atoms with Crippen molar-refractivity contribution >= 4 is 0 Å². The van der Waals surface area contributed by atoms with Gasteiger partial charge in [0.25, 0.3) is 0 Å². The zero-order valence-corrected chi connectivity index (χ0v) is 10.2. The maximum Gasteiger partial charge on any atom is 0.0514 e. The summed E-state index contributed by atoms with van der Waals surface area (Å²) in [6, 6.07) is 0. The van der Waals surface area contributed by atoms with Gasteiger partial charge in [0, 0.05) is 5.41 Å². The number of aliphatic hydroxyl groups excluding tert-OH is 2. The molecule has 1 fully saturated rings. The Hall–Kier alpha value is -0.0800. The summed E-state index contributed by atoms with van der Waals surface area (Å²) in [6.07, 6.45) is 7.27. The monoisotopic (exact) mass is 214 g/mol. The molecule has 0 aromatic heterocycles. The Morgan fingerprint density at radius 1 is 1.13 bits per heavy atom. The Bertz CT molecular complexity index is 169. The number of hydrogen-bond donors (Lipinski definition) is 2. The van der Waals surface area contributed by atoms with Crippen LogP contribution in [0.2, 0.25) is 0 Å². The van der Waals surface area contributed by atoms with E-state index in [9.17, 15) is 10.2 Å². The van der Waals surface area contributed by atoms with E-state index in [1.165, 1.54) is 32.1 Å². The van der Waals surface area contributed by atoms with Crippen LogP contribution in [-0.2, 0) is 0 Å². The second-order valence-corrected chi connectivity index (χ2v) is 5.19. The molecular formula is C13H26O2. The predicted octanol–water partition coefficient (Wildman–Crippen LogP) is 2.58. The number of hydrogen-bond acceptors (Lipinski definition) is 2. The molecule has 0 bridgehead atoms. The molecule has 0 heterocycles. The van der Waals surface area contributed by atoms with Crippen molar-refractivity contribution in [2.45, 2.75) is 52.4 Å². The third-order valence-corrected chi connectivity index (χ3v) is 4.60. The molecule has 0 saturated heterocycles. The van der Waals surface area contributed by atoms with Crippen LogP contribution in [0.15, 0.2) is 0 Å². The molecule has 1 saturated carbocycles. The molecule has 0 radical (unpaired) electrons. The second kappa shape index (κ2) is 5.86. The van der Waals surface area contributed by atoms with Crippen molar-refractivity contribution in [2.24, 2.45) is 17.3 Å². The van der Waals surface area contributed by atoms with E-state index in [0.29, 0.717) is 11.8 Å². The van der Waals surface area contributed by atoms with Gasteiger partial charge in [0.15, 0.2) is 0 Å². The quantitative estimate of drug-likeness (QED) is 0.738. The van der Waals surface area contributed by atoms with Crippen molar-refractivity contribution in [3.8, 4) is 0 Å². The molecule has 1 unspecified atom stereocenters. The second-order valence-electron chi connectivity index (χ2n) is 5.19. The first-order valence-electron chi connectivity index (χ1n) is 6.43. The van der Waals surface area contributed by atoms with Gasteiger partial charge in [-0.15, -0.1) is 0 Å². The first kappa shape index (κ1) is 13.0. The van der Waals surface area contributed by atoms with Crippen LogP contribution in [0, 0.1) is 17.3 Å². The summed E-state index contributed by atoms with van der Waals surface area (Å²) in [5.74, 6) is 0.937. The minimum atomic E-state index is -0.227. The third-order valence-electron chi connectivity index (χ3n) is 4.60. The molecular weight excluding hydrogens is 188 g/mol. The summed E-state index contributed by atoms with van der Waals surface area (Å²) in [4.78, 5) is 0. The highest BCUT2D eigenvalue weighted by Crippen LogP contribution is 2.44. The predicted molar refractivity (Wildman–Crippen MR) is 62.6 cm³/mol. The van der Waals surface area contributed by atoms with Gasteiger partial charge in [-0.05, 0) is 24.7 Å². The van der Waals surface area contributed by atoms with E-state index in [-0.39, 0.29) is 18.6 Å². The summed E-state index contributed by atoms with van der Waals surface area (Å²) in [5, 5.41) is 19.3. The van der Waals surface area contributed by atoms with Crippen molar-refractivity contribution in [1.82, 2.24) is 0 Å². The molecule has 1 rings (SSSR count). The summed E-state index contributed by atoms with van der Waals surface area (Å²) >= 11 is 0. The molecule has 0 aromatic rings. The lowest BCUT2D eigenvalue weighted by molar-refractivity contribution is -0.0522. The molecule has 0 spiro atoms. The molecule has 2 N–H and O–H groups in total. The van der Waals surface area contributed by atoms with Crippen molar-refractivity contribution in [1.29, 1.82) is 0 Å². The molecule has 90 valence electrons. The Balaban J connectivity index is 2.77. The normalized spacial score (nSPS) is 21.6. The Kier molecular flexibility index (Phi) is 5.07. The van der Waals surface area contributed by atoms with E-state index in [1.807, 2.05) is 0 Å². The third kappa shape index (κ3) is 2.54. The Morgan fingerprint density at radius 3 is 2.07 bits per heavy atom. The van der Waals surface area contributed by atoms with Gasteiger partial charge in [-0.2, -0.15) is 0 Å². The van der Waals surface area contributed by atoms with Crippen molar-refractivity contribution in [3.05, 3.63) is 0 Å². The average Bonchev–Trinajstić information content (AvgIpc) is 2.32. The molecule has 0 aromatic carbocycles. The van der Waals surface area contributed by atoms with Crippen molar-refractivity contribution in [3.63, 3.8) is 0 Å². The van der Waals surface area contributed by atoms with Crippen LogP contribution < -0.4 is 0 Å². The summed E-state index contributed by atoms with van der Waals surface area (Å²) in [6.45, 7) is 4.60. The summed E-state index contributed by atoms with van der Waals surface area (Å²) in [5.41, 5.74) is -0.227. The Morgan fingerprint density at radius 2 is 1.67 bits per heavy atom. The van der Waals surface area contributed by atoms with Crippen molar-refractivity contribution < 1.29 is 10.2 Å². The molecule has 0 amide bonds. The summed E-state index contributed by atoms with van der Waals surface area (Å²) in [7, 11) is 0. The van der Waals surface area contributed by atoms with Gasteiger partial charge >= 0.3 is 0 Å². The fraction of sp³-hybridized carbons (Fsp3) is 1.00. The van der Waals surface area contributed by atoms with Crippen LogP contribution in [0.4, 0.5) is 0 Å². The van der Waals surface area contributed by atoms with E-state index < -0.39 is 0 Å². The zero-order valence-electron chi connectivity index (χ0n) is 10.2.